The highest BCUT2D eigenvalue weighted by Gasteiger charge is 2.32. The molecule has 0 saturated carbocycles. The smallest absolute Gasteiger partial charge is 0.236 e. The molecule has 1 saturated heterocycles. The number of amides is 1. The predicted octanol–water partition coefficient (Wildman–Crippen LogP) is 1.07. The van der Waals surface area contributed by atoms with Gasteiger partial charge in [0.1, 0.15) is 11.9 Å². The van der Waals surface area contributed by atoms with Gasteiger partial charge in [0.05, 0.1) is 5.25 Å². The van der Waals surface area contributed by atoms with Gasteiger partial charge < -0.3 is 14.8 Å². The Hall–Kier alpha value is -0.720. The van der Waals surface area contributed by atoms with Crippen molar-refractivity contribution < 1.29 is 4.79 Å². The van der Waals surface area contributed by atoms with E-state index in [1.807, 2.05) is 35.9 Å². The van der Waals surface area contributed by atoms with E-state index in [0.717, 1.165) is 25.5 Å². The number of nitrogens with one attached hydrogen (secondary N) is 1. The maximum absolute atomic E-state index is 12.4. The SMILES string of the molecule is CSC(C)C(=O)N1CCNCC1c1nccn1C.Cl. The highest BCUT2D eigenvalue weighted by Crippen LogP contribution is 2.23. The molecular weight excluding hydrogens is 284 g/mol. The lowest BCUT2D eigenvalue weighted by molar-refractivity contribution is -0.133. The standard InChI is InChI=1S/C12H20N4OS.ClH/c1-9(18-3)12(17)16-7-4-13-8-10(16)11-14-5-6-15(11)2;/h5-6,9-10,13H,4,7-8H2,1-3H3;1H. The number of rotatable bonds is 3. The fourth-order valence-electron chi connectivity index (χ4n) is 2.23. The van der Waals surface area contributed by atoms with E-state index >= 15 is 0 Å². The van der Waals surface area contributed by atoms with Gasteiger partial charge in [0.15, 0.2) is 0 Å². The fourth-order valence-corrected chi connectivity index (χ4v) is 2.57. The second kappa shape index (κ2) is 7.17. The molecule has 5 nitrogen and oxygen atoms in total. The molecule has 1 aromatic rings. The summed E-state index contributed by atoms with van der Waals surface area (Å²) < 4.78 is 1.99. The third-order valence-electron chi connectivity index (χ3n) is 3.38. The number of halogens is 1. The minimum Gasteiger partial charge on any atom is -0.336 e. The first-order valence-corrected chi connectivity index (χ1v) is 7.45. The zero-order chi connectivity index (χ0) is 13.1. The van der Waals surface area contributed by atoms with Crippen LogP contribution in [-0.4, -0.2) is 51.5 Å². The summed E-state index contributed by atoms with van der Waals surface area (Å²) in [6, 6.07) is 0.0425. The van der Waals surface area contributed by atoms with Gasteiger partial charge in [-0.2, -0.15) is 11.8 Å². The van der Waals surface area contributed by atoms with Crippen LogP contribution in [0.15, 0.2) is 12.4 Å². The Labute approximate surface area is 124 Å². The minimum absolute atomic E-state index is 0. The van der Waals surface area contributed by atoms with Crippen molar-refractivity contribution in [2.24, 2.45) is 7.05 Å². The second-order valence-electron chi connectivity index (χ2n) is 4.53. The van der Waals surface area contributed by atoms with Crippen LogP contribution in [0.2, 0.25) is 0 Å². The Morgan fingerprint density at radius 1 is 1.63 bits per heavy atom. The highest BCUT2D eigenvalue weighted by molar-refractivity contribution is 7.99. The summed E-state index contributed by atoms with van der Waals surface area (Å²) in [6.45, 7) is 4.34. The molecule has 1 amide bonds. The van der Waals surface area contributed by atoms with Gasteiger partial charge >= 0.3 is 0 Å². The Bertz CT molecular complexity index is 426. The zero-order valence-corrected chi connectivity index (χ0v) is 13.1. The molecule has 1 N–H and O–H groups in total. The van der Waals surface area contributed by atoms with Crippen LogP contribution in [0, 0.1) is 0 Å². The normalized spacial score (nSPS) is 20.8. The first kappa shape index (κ1) is 16.3. The summed E-state index contributed by atoms with van der Waals surface area (Å²) >= 11 is 1.59. The van der Waals surface area contributed by atoms with Crippen molar-refractivity contribution in [2.75, 3.05) is 25.9 Å². The zero-order valence-electron chi connectivity index (χ0n) is 11.5. The maximum atomic E-state index is 12.4. The van der Waals surface area contributed by atoms with Crippen molar-refractivity contribution in [2.45, 2.75) is 18.2 Å². The summed E-state index contributed by atoms with van der Waals surface area (Å²) in [7, 11) is 1.97. The maximum Gasteiger partial charge on any atom is 0.236 e. The molecule has 2 atom stereocenters. The van der Waals surface area contributed by atoms with Crippen LogP contribution in [-0.2, 0) is 11.8 Å². The van der Waals surface area contributed by atoms with Crippen molar-refractivity contribution in [3.8, 4) is 0 Å². The molecule has 0 aliphatic carbocycles. The Balaban J connectivity index is 0.00000180. The third kappa shape index (κ3) is 3.43. The van der Waals surface area contributed by atoms with E-state index in [1.165, 1.54) is 0 Å². The number of hydrogen-bond acceptors (Lipinski definition) is 4. The molecule has 0 radical (unpaired) electrons. The van der Waals surface area contributed by atoms with Gasteiger partial charge in [-0.15, -0.1) is 12.4 Å². The monoisotopic (exact) mass is 304 g/mol. The number of aryl methyl sites for hydroxylation is 1. The van der Waals surface area contributed by atoms with E-state index in [1.54, 1.807) is 18.0 Å². The summed E-state index contributed by atoms with van der Waals surface area (Å²) in [5.74, 6) is 1.15. The molecule has 1 aliphatic rings. The van der Waals surface area contributed by atoms with Crippen LogP contribution in [0.5, 0.6) is 0 Å². The first-order chi connectivity index (χ1) is 8.65. The summed E-state index contributed by atoms with van der Waals surface area (Å²) in [5, 5.41) is 3.34. The molecule has 2 unspecified atom stereocenters. The van der Waals surface area contributed by atoms with E-state index in [-0.39, 0.29) is 29.6 Å². The van der Waals surface area contributed by atoms with Crippen molar-refractivity contribution in [1.82, 2.24) is 19.8 Å². The van der Waals surface area contributed by atoms with Crippen LogP contribution in [0.25, 0.3) is 0 Å². The van der Waals surface area contributed by atoms with E-state index in [4.69, 9.17) is 0 Å². The Morgan fingerprint density at radius 3 is 2.95 bits per heavy atom. The Morgan fingerprint density at radius 2 is 2.37 bits per heavy atom. The average molecular weight is 305 g/mol. The van der Waals surface area contributed by atoms with Gasteiger partial charge in [0, 0.05) is 39.1 Å². The molecule has 1 aromatic heterocycles. The lowest BCUT2D eigenvalue weighted by Gasteiger charge is -2.37. The van der Waals surface area contributed by atoms with E-state index in [0.29, 0.717) is 0 Å². The van der Waals surface area contributed by atoms with E-state index < -0.39 is 0 Å². The summed E-state index contributed by atoms with van der Waals surface area (Å²) in [5.41, 5.74) is 0. The highest BCUT2D eigenvalue weighted by atomic mass is 35.5. The van der Waals surface area contributed by atoms with Crippen molar-refractivity contribution in [3.05, 3.63) is 18.2 Å². The molecule has 108 valence electrons. The van der Waals surface area contributed by atoms with Gasteiger partial charge in [-0.3, -0.25) is 4.79 Å². The molecule has 1 fully saturated rings. The number of carbonyl (C=O) groups excluding carboxylic acids is 1. The molecule has 7 heteroatoms. The predicted molar refractivity (Wildman–Crippen MR) is 80.8 cm³/mol. The quantitative estimate of drug-likeness (QED) is 0.907. The molecular formula is C12H21ClN4OS. The summed E-state index contributed by atoms with van der Waals surface area (Å²) in [4.78, 5) is 18.7. The molecule has 0 aromatic carbocycles. The van der Waals surface area contributed by atoms with Gasteiger partial charge in [-0.25, -0.2) is 4.98 Å². The van der Waals surface area contributed by atoms with Crippen molar-refractivity contribution in [1.29, 1.82) is 0 Å². The molecule has 19 heavy (non-hydrogen) atoms. The van der Waals surface area contributed by atoms with Gasteiger partial charge in [0.2, 0.25) is 5.91 Å². The number of carbonyl (C=O) groups is 1. The summed E-state index contributed by atoms with van der Waals surface area (Å²) in [6.07, 6.45) is 5.68. The van der Waals surface area contributed by atoms with Crippen LogP contribution in [0.1, 0.15) is 18.8 Å². The van der Waals surface area contributed by atoms with Gasteiger partial charge in [0.25, 0.3) is 0 Å². The fraction of sp³-hybridized carbons (Fsp3) is 0.667. The second-order valence-corrected chi connectivity index (χ2v) is 5.70. The lowest BCUT2D eigenvalue weighted by atomic mass is 10.1. The molecule has 2 rings (SSSR count). The van der Waals surface area contributed by atoms with E-state index in [9.17, 15) is 4.79 Å². The number of nitrogens with zero attached hydrogens (tertiary/aromatic N) is 3. The number of aromatic nitrogens is 2. The lowest BCUT2D eigenvalue weighted by Crippen LogP contribution is -2.51. The minimum atomic E-state index is 0. The topological polar surface area (TPSA) is 50.2 Å². The van der Waals surface area contributed by atoms with Crippen LogP contribution in [0.4, 0.5) is 0 Å². The largest absolute Gasteiger partial charge is 0.336 e. The molecule has 0 bridgehead atoms. The van der Waals surface area contributed by atoms with Crippen molar-refractivity contribution in [3.63, 3.8) is 0 Å². The molecule has 1 aliphatic heterocycles. The number of hydrogen-bond donors (Lipinski definition) is 1. The van der Waals surface area contributed by atoms with Crippen LogP contribution in [0.3, 0.4) is 0 Å². The molecule has 0 spiro atoms. The van der Waals surface area contributed by atoms with E-state index in [2.05, 4.69) is 10.3 Å². The third-order valence-corrected chi connectivity index (χ3v) is 4.29. The van der Waals surface area contributed by atoms with Crippen LogP contribution >= 0.6 is 24.2 Å². The van der Waals surface area contributed by atoms with Gasteiger partial charge in [-0.05, 0) is 13.2 Å². The average Bonchev–Trinajstić information content (AvgIpc) is 2.83. The molecule has 2 heterocycles. The first-order valence-electron chi connectivity index (χ1n) is 6.16. The Kier molecular flexibility index (Phi) is 6.16. The van der Waals surface area contributed by atoms with Crippen molar-refractivity contribution >= 4 is 30.1 Å². The number of thioether (sulfide) groups is 1. The number of piperazine rings is 1. The number of imidazole rings is 1. The van der Waals surface area contributed by atoms with Crippen LogP contribution < -0.4 is 5.32 Å². The van der Waals surface area contributed by atoms with Gasteiger partial charge in [-0.1, -0.05) is 0 Å².